The lowest BCUT2D eigenvalue weighted by atomic mass is 9.74. The van der Waals surface area contributed by atoms with Crippen LogP contribution in [-0.4, -0.2) is 32.4 Å². The smallest absolute Gasteiger partial charge is 0.451 e. The molecule has 1 unspecified atom stereocenters. The number of benzene rings is 1. The highest BCUT2D eigenvalue weighted by Crippen LogP contribution is 2.42. The van der Waals surface area contributed by atoms with Crippen LogP contribution >= 0.6 is 0 Å². The van der Waals surface area contributed by atoms with Crippen LogP contribution in [0.15, 0.2) is 29.3 Å². The first kappa shape index (κ1) is 24.0. The molecule has 4 rings (SSSR count). The van der Waals surface area contributed by atoms with Gasteiger partial charge in [0.2, 0.25) is 11.7 Å². The summed E-state index contributed by atoms with van der Waals surface area (Å²) in [6.45, 7) is 5.19. The third-order valence-corrected chi connectivity index (χ3v) is 6.80. The van der Waals surface area contributed by atoms with Gasteiger partial charge in [0.15, 0.2) is 11.5 Å². The fourth-order valence-corrected chi connectivity index (χ4v) is 4.77. The van der Waals surface area contributed by atoms with Gasteiger partial charge >= 0.3 is 12.1 Å². The minimum absolute atomic E-state index is 0.0164. The van der Waals surface area contributed by atoms with Crippen molar-refractivity contribution in [2.75, 3.05) is 5.73 Å². The summed E-state index contributed by atoms with van der Waals surface area (Å²) < 4.78 is 45.0. The van der Waals surface area contributed by atoms with E-state index in [0.717, 1.165) is 31.2 Å². The number of alkyl halides is 3. The number of ether oxygens (including phenoxy) is 1. The predicted molar refractivity (Wildman–Crippen MR) is 120 cm³/mol. The summed E-state index contributed by atoms with van der Waals surface area (Å²) in [5.74, 6) is -2.57. The SMILES string of the molecule is CC(C(=O)O)C1CCC(c2ccc(C3=Nc4c(N)nc(C(F)(F)F)nc4OC3(C)C)cc2)CC1. The number of halogens is 3. The van der Waals surface area contributed by atoms with Crippen LogP contribution in [0.2, 0.25) is 0 Å². The maximum absolute atomic E-state index is 13.1. The van der Waals surface area contributed by atoms with Gasteiger partial charge in [-0.15, -0.1) is 0 Å². The Bertz CT molecular complexity index is 1120. The van der Waals surface area contributed by atoms with E-state index in [-0.39, 0.29) is 23.4 Å². The zero-order chi connectivity index (χ0) is 24.8. The summed E-state index contributed by atoms with van der Waals surface area (Å²) in [5, 5.41) is 9.25. The maximum Gasteiger partial charge on any atom is 0.451 e. The Morgan fingerprint density at radius 1 is 1.15 bits per heavy atom. The van der Waals surface area contributed by atoms with E-state index in [1.165, 1.54) is 5.56 Å². The number of hydrogen-bond acceptors (Lipinski definition) is 6. The number of hydrogen-bond donors (Lipinski definition) is 2. The fraction of sp³-hybridized carbons (Fsp3) is 0.500. The van der Waals surface area contributed by atoms with Crippen molar-refractivity contribution < 1.29 is 27.8 Å². The molecule has 1 fully saturated rings. The first-order valence-corrected chi connectivity index (χ1v) is 11.2. The quantitative estimate of drug-likeness (QED) is 0.614. The normalized spacial score (nSPS) is 22.8. The average molecular weight is 476 g/mol. The van der Waals surface area contributed by atoms with Crippen LogP contribution in [0.1, 0.15) is 69.3 Å². The molecule has 1 aliphatic carbocycles. The zero-order valence-corrected chi connectivity index (χ0v) is 19.2. The number of carbonyl (C=O) groups is 1. The lowest BCUT2D eigenvalue weighted by molar-refractivity contribution is -0.145. The first-order chi connectivity index (χ1) is 15.9. The molecule has 0 spiro atoms. The molecule has 0 radical (unpaired) electrons. The molecule has 1 aromatic carbocycles. The van der Waals surface area contributed by atoms with Crippen LogP contribution in [-0.2, 0) is 11.0 Å². The highest BCUT2D eigenvalue weighted by Gasteiger charge is 2.40. The van der Waals surface area contributed by atoms with Crippen molar-refractivity contribution in [1.29, 1.82) is 0 Å². The molecular formula is C24H27F3N4O3. The third kappa shape index (κ3) is 4.58. The Kier molecular flexibility index (Phi) is 6.03. The largest absolute Gasteiger partial charge is 0.481 e. The Labute approximate surface area is 195 Å². The van der Waals surface area contributed by atoms with Crippen molar-refractivity contribution in [3.63, 3.8) is 0 Å². The molecule has 7 nitrogen and oxygen atoms in total. The highest BCUT2D eigenvalue weighted by atomic mass is 19.4. The summed E-state index contributed by atoms with van der Waals surface area (Å²) in [6.07, 6.45) is -1.13. The monoisotopic (exact) mass is 476 g/mol. The minimum Gasteiger partial charge on any atom is -0.481 e. The van der Waals surface area contributed by atoms with Crippen LogP contribution in [0.25, 0.3) is 0 Å². The molecule has 0 amide bonds. The summed E-state index contributed by atoms with van der Waals surface area (Å²) >= 11 is 0. The van der Waals surface area contributed by atoms with E-state index >= 15 is 0 Å². The highest BCUT2D eigenvalue weighted by molar-refractivity contribution is 6.09. The molecule has 2 aromatic rings. The second kappa shape index (κ2) is 8.56. The standard InChI is InChI=1S/C24H27F3N4O3/c1-12(21(32)33)13-4-6-14(7-5-13)15-8-10-16(11-9-15)18-23(2,3)34-20-17(29-18)19(28)30-22(31-20)24(25,26)27/h8-14H,4-7H2,1-3H3,(H,32,33)(H2,28,30,31). The van der Waals surface area contributed by atoms with E-state index in [0.29, 0.717) is 11.6 Å². The van der Waals surface area contributed by atoms with Crippen LogP contribution in [0.5, 0.6) is 5.88 Å². The fourth-order valence-electron chi connectivity index (χ4n) is 4.77. The third-order valence-electron chi connectivity index (χ3n) is 6.80. The number of aliphatic carboxylic acids is 1. The summed E-state index contributed by atoms with van der Waals surface area (Å²) in [4.78, 5) is 22.6. The van der Waals surface area contributed by atoms with Crippen molar-refractivity contribution in [2.24, 2.45) is 16.8 Å². The maximum atomic E-state index is 13.1. The van der Waals surface area contributed by atoms with Gasteiger partial charge in [-0.25, -0.2) is 9.98 Å². The molecule has 1 saturated carbocycles. The van der Waals surface area contributed by atoms with Gasteiger partial charge in [-0.3, -0.25) is 4.79 Å². The molecular weight excluding hydrogens is 449 g/mol. The number of rotatable bonds is 4. The molecule has 3 N–H and O–H groups in total. The van der Waals surface area contributed by atoms with E-state index in [1.54, 1.807) is 20.8 Å². The van der Waals surface area contributed by atoms with Gasteiger partial charge in [0.1, 0.15) is 5.60 Å². The number of carboxylic acid groups (broad SMARTS) is 1. The predicted octanol–water partition coefficient (Wildman–Crippen LogP) is 5.36. The van der Waals surface area contributed by atoms with Crippen LogP contribution in [0, 0.1) is 11.8 Å². The molecule has 182 valence electrons. The summed E-state index contributed by atoms with van der Waals surface area (Å²) in [7, 11) is 0. The van der Waals surface area contributed by atoms with Crippen molar-refractivity contribution >= 4 is 23.2 Å². The average Bonchev–Trinajstić information content (AvgIpc) is 2.77. The molecule has 1 aliphatic heterocycles. The van der Waals surface area contributed by atoms with Crippen molar-refractivity contribution in [1.82, 2.24) is 9.97 Å². The van der Waals surface area contributed by atoms with Crippen molar-refractivity contribution in [3.05, 3.63) is 41.2 Å². The molecule has 0 bridgehead atoms. The minimum atomic E-state index is -4.75. The Hall–Kier alpha value is -3.17. The van der Waals surface area contributed by atoms with Gasteiger partial charge in [-0.05, 0) is 56.9 Å². The second-order valence-corrected chi connectivity index (χ2v) is 9.52. The number of aromatic nitrogens is 2. The zero-order valence-electron chi connectivity index (χ0n) is 19.2. The molecule has 0 saturated heterocycles. The molecule has 10 heteroatoms. The Morgan fingerprint density at radius 3 is 2.32 bits per heavy atom. The molecule has 2 heterocycles. The Balaban J connectivity index is 1.57. The first-order valence-electron chi connectivity index (χ1n) is 11.2. The van der Waals surface area contributed by atoms with Gasteiger partial charge in [0, 0.05) is 5.56 Å². The Morgan fingerprint density at radius 2 is 1.76 bits per heavy atom. The summed E-state index contributed by atoms with van der Waals surface area (Å²) in [5.41, 5.74) is 7.15. The molecule has 2 aliphatic rings. The van der Waals surface area contributed by atoms with Crippen LogP contribution in [0.3, 0.4) is 0 Å². The number of nitrogens with two attached hydrogens (primary N) is 1. The van der Waals surface area contributed by atoms with Gasteiger partial charge in [-0.1, -0.05) is 31.2 Å². The van der Waals surface area contributed by atoms with E-state index in [9.17, 15) is 23.1 Å². The van der Waals surface area contributed by atoms with Crippen molar-refractivity contribution in [2.45, 2.75) is 64.1 Å². The molecule has 1 atom stereocenters. The van der Waals surface area contributed by atoms with E-state index in [2.05, 4.69) is 15.0 Å². The van der Waals surface area contributed by atoms with Gasteiger partial charge in [0.25, 0.3) is 0 Å². The van der Waals surface area contributed by atoms with Crippen LogP contribution in [0.4, 0.5) is 24.7 Å². The van der Waals surface area contributed by atoms with E-state index in [1.807, 2.05) is 24.3 Å². The topological polar surface area (TPSA) is 111 Å². The van der Waals surface area contributed by atoms with Gasteiger partial charge < -0.3 is 15.6 Å². The number of carboxylic acids is 1. The number of aliphatic imine (C=N–C) groups is 1. The number of nitrogens with zero attached hydrogens (tertiary/aromatic N) is 3. The van der Waals surface area contributed by atoms with E-state index < -0.39 is 29.4 Å². The molecule has 34 heavy (non-hydrogen) atoms. The van der Waals surface area contributed by atoms with E-state index in [4.69, 9.17) is 10.5 Å². The lowest BCUT2D eigenvalue weighted by Gasteiger charge is -2.33. The van der Waals surface area contributed by atoms with Gasteiger partial charge in [-0.2, -0.15) is 18.2 Å². The summed E-state index contributed by atoms with van der Waals surface area (Å²) in [6, 6.07) is 7.86. The van der Waals surface area contributed by atoms with Crippen molar-refractivity contribution in [3.8, 4) is 5.88 Å². The van der Waals surface area contributed by atoms with Crippen LogP contribution < -0.4 is 10.5 Å². The molecule has 1 aromatic heterocycles. The number of nitrogen functional groups attached to an aromatic ring is 1. The van der Waals surface area contributed by atoms with Gasteiger partial charge in [0.05, 0.1) is 11.6 Å². The second-order valence-electron chi connectivity index (χ2n) is 9.52. The number of fused-ring (bicyclic) bond motifs is 1. The number of anilines is 1. The lowest BCUT2D eigenvalue weighted by Crippen LogP contribution is -2.41.